The third-order valence-corrected chi connectivity index (χ3v) is 3.21. The third kappa shape index (κ3) is 3.35. The molecular weight excluding hydrogens is 252 g/mol. The second-order valence-electron chi connectivity index (χ2n) is 4.69. The maximum absolute atomic E-state index is 11.4. The zero-order valence-corrected chi connectivity index (χ0v) is 12.4. The lowest BCUT2D eigenvalue weighted by Crippen LogP contribution is -2.13. The van der Waals surface area contributed by atoms with Gasteiger partial charge in [0.15, 0.2) is 0 Å². The number of carbonyl (C=O) groups excluding carboxylic acids is 2. The Morgan fingerprint density at radius 1 is 1.25 bits per heavy atom. The summed E-state index contributed by atoms with van der Waals surface area (Å²) in [4.78, 5) is 24.0. The second-order valence-corrected chi connectivity index (χ2v) is 4.69. The number of hydrogen-bond acceptors (Lipinski definition) is 3. The van der Waals surface area contributed by atoms with Crippen molar-refractivity contribution in [3.63, 3.8) is 0 Å². The Hall–Kier alpha value is -2.36. The van der Waals surface area contributed by atoms with Crippen molar-refractivity contribution in [1.29, 1.82) is 0 Å². The first-order valence-corrected chi connectivity index (χ1v) is 6.29. The van der Waals surface area contributed by atoms with Gasteiger partial charge in [0.2, 0.25) is 5.91 Å². The molecule has 1 N–H and O–H groups in total. The molecule has 0 spiro atoms. The summed E-state index contributed by atoms with van der Waals surface area (Å²) >= 11 is 0. The fourth-order valence-electron chi connectivity index (χ4n) is 1.96. The highest BCUT2D eigenvalue weighted by molar-refractivity contribution is 5.99. The van der Waals surface area contributed by atoms with Gasteiger partial charge in [0.1, 0.15) is 6.29 Å². The Balaban J connectivity index is 3.30. The summed E-state index contributed by atoms with van der Waals surface area (Å²) in [7, 11) is 3.77. The zero-order chi connectivity index (χ0) is 15.3. The van der Waals surface area contributed by atoms with Gasteiger partial charge in [0.05, 0.1) is 0 Å². The normalized spacial score (nSPS) is 10.9. The Kier molecular flexibility index (Phi) is 5.26. The molecule has 1 aromatic rings. The highest BCUT2D eigenvalue weighted by Crippen LogP contribution is 2.27. The molecule has 0 saturated carbocycles. The predicted octanol–water partition coefficient (Wildman–Crippen LogP) is 2.53. The number of allylic oxidation sites excluding steroid dienone is 1. The van der Waals surface area contributed by atoms with Gasteiger partial charge < -0.3 is 10.2 Å². The summed E-state index contributed by atoms with van der Waals surface area (Å²) in [6.07, 6.45) is 3.54. The van der Waals surface area contributed by atoms with Crippen LogP contribution in [0.3, 0.4) is 0 Å². The Morgan fingerprint density at radius 2 is 1.90 bits per heavy atom. The molecule has 0 aromatic heterocycles. The van der Waals surface area contributed by atoms with E-state index in [1.807, 2.05) is 45.0 Å². The molecule has 0 aliphatic rings. The quantitative estimate of drug-likeness (QED) is 0.662. The number of anilines is 1. The lowest BCUT2D eigenvalue weighted by molar-refractivity contribution is -0.112. The Labute approximate surface area is 119 Å². The molecule has 0 heterocycles. The fraction of sp³-hybridized carbons (Fsp3) is 0.250. The molecule has 0 bridgehead atoms. The standard InChI is InChI=1S/C16H20N2O2/c1-6-16(20)17-14-8-7-13(11(2)12(14)3)15(9-10-19)18(4)5/h6-10H,1H2,2-5H3,(H,17,20)/b15-9+. The average molecular weight is 272 g/mol. The highest BCUT2D eigenvalue weighted by atomic mass is 16.1. The van der Waals surface area contributed by atoms with Crippen molar-refractivity contribution in [3.8, 4) is 0 Å². The summed E-state index contributed by atoms with van der Waals surface area (Å²) in [6, 6.07) is 3.73. The maximum atomic E-state index is 11.4. The van der Waals surface area contributed by atoms with Gasteiger partial charge in [-0.25, -0.2) is 0 Å². The molecule has 20 heavy (non-hydrogen) atoms. The van der Waals surface area contributed by atoms with Crippen molar-refractivity contribution in [2.75, 3.05) is 19.4 Å². The van der Waals surface area contributed by atoms with Crippen molar-refractivity contribution < 1.29 is 9.59 Å². The van der Waals surface area contributed by atoms with Crippen LogP contribution in [-0.4, -0.2) is 31.2 Å². The fourth-order valence-corrected chi connectivity index (χ4v) is 1.96. The summed E-state index contributed by atoms with van der Waals surface area (Å²) in [5.41, 5.74) is 4.55. The van der Waals surface area contributed by atoms with Gasteiger partial charge in [0.25, 0.3) is 0 Å². The Morgan fingerprint density at radius 3 is 2.40 bits per heavy atom. The first kappa shape index (κ1) is 15.7. The van der Waals surface area contributed by atoms with E-state index in [0.29, 0.717) is 0 Å². The largest absolute Gasteiger partial charge is 0.377 e. The Bertz CT molecular complexity index is 572. The average Bonchev–Trinajstić information content (AvgIpc) is 2.41. The summed E-state index contributed by atoms with van der Waals surface area (Å²) in [5.74, 6) is -0.239. The van der Waals surface area contributed by atoms with Crippen LogP contribution in [-0.2, 0) is 9.59 Å². The van der Waals surface area contributed by atoms with Gasteiger partial charge in [-0.15, -0.1) is 0 Å². The smallest absolute Gasteiger partial charge is 0.247 e. The van der Waals surface area contributed by atoms with E-state index in [-0.39, 0.29) is 5.91 Å². The molecule has 0 aliphatic carbocycles. The summed E-state index contributed by atoms with van der Waals surface area (Å²) < 4.78 is 0. The molecule has 1 aromatic carbocycles. The number of amides is 1. The first-order valence-electron chi connectivity index (χ1n) is 6.29. The van der Waals surface area contributed by atoms with Crippen LogP contribution in [0.15, 0.2) is 30.9 Å². The molecule has 106 valence electrons. The van der Waals surface area contributed by atoms with Gasteiger partial charge in [0, 0.05) is 37.1 Å². The van der Waals surface area contributed by atoms with Gasteiger partial charge >= 0.3 is 0 Å². The summed E-state index contributed by atoms with van der Waals surface area (Å²) in [6.45, 7) is 7.34. The van der Waals surface area contributed by atoms with Crippen LogP contribution in [0, 0.1) is 13.8 Å². The van der Waals surface area contributed by atoms with E-state index in [1.54, 1.807) is 0 Å². The van der Waals surface area contributed by atoms with Crippen molar-refractivity contribution in [2.24, 2.45) is 0 Å². The van der Waals surface area contributed by atoms with E-state index in [2.05, 4.69) is 11.9 Å². The maximum Gasteiger partial charge on any atom is 0.247 e. The molecular formula is C16H20N2O2. The molecule has 1 amide bonds. The van der Waals surface area contributed by atoms with Crippen molar-refractivity contribution in [3.05, 3.63) is 47.6 Å². The van der Waals surface area contributed by atoms with Crippen molar-refractivity contribution in [2.45, 2.75) is 13.8 Å². The highest BCUT2D eigenvalue weighted by Gasteiger charge is 2.12. The molecule has 0 fully saturated rings. The van der Waals surface area contributed by atoms with Crippen LogP contribution in [0.25, 0.3) is 5.70 Å². The van der Waals surface area contributed by atoms with Crippen LogP contribution < -0.4 is 5.32 Å². The monoisotopic (exact) mass is 272 g/mol. The van der Waals surface area contributed by atoms with E-state index in [1.165, 1.54) is 12.2 Å². The minimum atomic E-state index is -0.239. The molecule has 1 rings (SSSR count). The minimum Gasteiger partial charge on any atom is -0.377 e. The molecule has 0 saturated heterocycles. The van der Waals surface area contributed by atoms with E-state index >= 15 is 0 Å². The van der Waals surface area contributed by atoms with Crippen LogP contribution in [0.4, 0.5) is 5.69 Å². The van der Waals surface area contributed by atoms with E-state index in [9.17, 15) is 9.59 Å². The number of hydrogen-bond donors (Lipinski definition) is 1. The van der Waals surface area contributed by atoms with E-state index in [4.69, 9.17) is 0 Å². The molecule has 4 heteroatoms. The topological polar surface area (TPSA) is 49.4 Å². The number of benzene rings is 1. The van der Waals surface area contributed by atoms with Gasteiger partial charge in [-0.2, -0.15) is 0 Å². The lowest BCUT2D eigenvalue weighted by atomic mass is 9.98. The molecule has 0 radical (unpaired) electrons. The number of rotatable bonds is 5. The van der Waals surface area contributed by atoms with Crippen LogP contribution in [0.1, 0.15) is 16.7 Å². The van der Waals surface area contributed by atoms with Gasteiger partial charge in [-0.1, -0.05) is 12.6 Å². The minimum absolute atomic E-state index is 0.239. The second kappa shape index (κ2) is 6.70. The SMILES string of the molecule is C=CC(=O)Nc1ccc(/C(=C\C=O)N(C)C)c(C)c1C. The molecule has 0 unspecified atom stereocenters. The number of nitrogens with one attached hydrogen (secondary N) is 1. The van der Waals surface area contributed by atoms with Gasteiger partial charge in [-0.05, 0) is 37.1 Å². The molecule has 0 atom stereocenters. The first-order chi connectivity index (χ1) is 9.42. The van der Waals surface area contributed by atoms with Crippen LogP contribution >= 0.6 is 0 Å². The van der Waals surface area contributed by atoms with E-state index < -0.39 is 0 Å². The number of nitrogens with zero attached hydrogens (tertiary/aromatic N) is 1. The van der Waals surface area contributed by atoms with Gasteiger partial charge in [-0.3, -0.25) is 9.59 Å². The molecule has 0 aliphatic heterocycles. The lowest BCUT2D eigenvalue weighted by Gasteiger charge is -2.21. The molecule has 4 nitrogen and oxygen atoms in total. The van der Waals surface area contributed by atoms with Crippen molar-refractivity contribution in [1.82, 2.24) is 4.90 Å². The zero-order valence-electron chi connectivity index (χ0n) is 12.4. The summed E-state index contributed by atoms with van der Waals surface area (Å²) in [5, 5.41) is 2.77. The number of aldehydes is 1. The third-order valence-electron chi connectivity index (χ3n) is 3.21. The van der Waals surface area contributed by atoms with Crippen LogP contribution in [0.5, 0.6) is 0 Å². The van der Waals surface area contributed by atoms with E-state index in [0.717, 1.165) is 34.4 Å². The number of carbonyl (C=O) groups is 2. The van der Waals surface area contributed by atoms with Crippen molar-refractivity contribution >= 4 is 23.6 Å². The predicted molar refractivity (Wildman–Crippen MR) is 82.5 cm³/mol. The van der Waals surface area contributed by atoms with Crippen LogP contribution in [0.2, 0.25) is 0 Å².